The Labute approximate surface area is 112 Å². The molecule has 0 saturated heterocycles. The molecule has 1 aliphatic rings. The van der Waals surface area contributed by atoms with E-state index in [1.54, 1.807) is 11.5 Å². The summed E-state index contributed by atoms with van der Waals surface area (Å²) in [4.78, 5) is 19.7. The van der Waals surface area contributed by atoms with Crippen molar-refractivity contribution in [2.24, 2.45) is 4.99 Å². The lowest BCUT2D eigenvalue weighted by Gasteiger charge is -2.06. The number of halogens is 3. The molecule has 0 fully saturated rings. The van der Waals surface area contributed by atoms with Gasteiger partial charge in [0.2, 0.25) is 11.7 Å². The van der Waals surface area contributed by atoms with Gasteiger partial charge in [-0.25, -0.2) is 4.98 Å². The van der Waals surface area contributed by atoms with Crippen LogP contribution in [0.25, 0.3) is 5.57 Å². The van der Waals surface area contributed by atoms with Gasteiger partial charge in [0.1, 0.15) is 6.54 Å². The molecule has 0 unspecified atom stereocenters. The van der Waals surface area contributed by atoms with E-state index in [9.17, 15) is 18.0 Å². The SMILES string of the molecule is Cc1nc(C2=CCCN=C2)oc1C(=O)NCC(F)(F)F. The zero-order chi connectivity index (χ0) is 14.8. The zero-order valence-electron chi connectivity index (χ0n) is 10.6. The van der Waals surface area contributed by atoms with Crippen LogP contribution in [0.2, 0.25) is 0 Å². The minimum absolute atomic E-state index is 0.183. The predicted molar refractivity (Wildman–Crippen MR) is 65.6 cm³/mol. The number of carbonyl (C=O) groups is 1. The first-order valence-electron chi connectivity index (χ1n) is 5.89. The highest BCUT2D eigenvalue weighted by Gasteiger charge is 2.29. The van der Waals surface area contributed by atoms with Crippen molar-refractivity contribution in [2.75, 3.05) is 13.1 Å². The van der Waals surface area contributed by atoms with Crippen LogP contribution in [0.5, 0.6) is 0 Å². The summed E-state index contributed by atoms with van der Waals surface area (Å²) in [5.74, 6) is -0.973. The maximum Gasteiger partial charge on any atom is 0.405 e. The van der Waals surface area contributed by atoms with E-state index in [2.05, 4.69) is 9.98 Å². The molecule has 2 rings (SSSR count). The van der Waals surface area contributed by atoms with Gasteiger partial charge in [0.25, 0.3) is 5.91 Å². The Morgan fingerprint density at radius 2 is 2.25 bits per heavy atom. The standard InChI is InChI=1S/C12H12F3N3O2/c1-7-9(10(19)17-6-12(13,14)15)20-11(18-7)8-3-2-4-16-5-8/h3,5H,2,4,6H2,1H3,(H,17,19). The Kier molecular flexibility index (Phi) is 3.91. The fourth-order valence-corrected chi connectivity index (χ4v) is 1.64. The lowest BCUT2D eigenvalue weighted by atomic mass is 10.2. The average molecular weight is 287 g/mol. The number of nitrogens with zero attached hydrogens (tertiary/aromatic N) is 2. The normalized spacial score (nSPS) is 15.1. The molecule has 5 nitrogen and oxygen atoms in total. The average Bonchev–Trinajstić information content (AvgIpc) is 2.78. The van der Waals surface area contributed by atoms with Gasteiger partial charge in [-0.3, -0.25) is 9.79 Å². The first-order valence-corrected chi connectivity index (χ1v) is 5.89. The molecule has 108 valence electrons. The van der Waals surface area contributed by atoms with Crippen LogP contribution in [-0.4, -0.2) is 36.4 Å². The summed E-state index contributed by atoms with van der Waals surface area (Å²) in [6, 6.07) is 0. The molecule has 1 aliphatic heterocycles. The maximum atomic E-state index is 12.0. The number of aryl methyl sites for hydroxylation is 1. The van der Waals surface area contributed by atoms with Crippen LogP contribution in [0.15, 0.2) is 15.5 Å². The first-order chi connectivity index (χ1) is 9.37. The van der Waals surface area contributed by atoms with E-state index >= 15 is 0 Å². The van der Waals surface area contributed by atoms with Crippen molar-refractivity contribution in [1.29, 1.82) is 0 Å². The lowest BCUT2D eigenvalue weighted by Crippen LogP contribution is -2.33. The molecule has 1 amide bonds. The molecule has 0 spiro atoms. The van der Waals surface area contributed by atoms with Gasteiger partial charge < -0.3 is 9.73 Å². The summed E-state index contributed by atoms with van der Waals surface area (Å²) in [5.41, 5.74) is 0.855. The second kappa shape index (κ2) is 5.48. The van der Waals surface area contributed by atoms with E-state index in [1.807, 2.05) is 6.08 Å². The second-order valence-electron chi connectivity index (χ2n) is 4.21. The van der Waals surface area contributed by atoms with E-state index in [0.717, 1.165) is 6.42 Å². The molecular formula is C12H12F3N3O2. The van der Waals surface area contributed by atoms with E-state index in [1.165, 1.54) is 6.92 Å². The second-order valence-corrected chi connectivity index (χ2v) is 4.21. The molecule has 1 N–H and O–H groups in total. The third kappa shape index (κ3) is 3.46. The van der Waals surface area contributed by atoms with Crippen LogP contribution in [0.4, 0.5) is 13.2 Å². The van der Waals surface area contributed by atoms with Gasteiger partial charge in [0.15, 0.2) is 0 Å². The molecular weight excluding hydrogens is 275 g/mol. The molecule has 2 heterocycles. The third-order valence-electron chi connectivity index (χ3n) is 2.55. The van der Waals surface area contributed by atoms with Gasteiger partial charge in [0.05, 0.1) is 11.3 Å². The number of dihydropyridines is 1. The summed E-state index contributed by atoms with van der Waals surface area (Å²) in [6.07, 6.45) is -0.338. The molecule has 8 heteroatoms. The fourth-order valence-electron chi connectivity index (χ4n) is 1.64. The summed E-state index contributed by atoms with van der Waals surface area (Å²) in [6.45, 7) is 0.754. The Bertz CT molecular complexity index is 573. The topological polar surface area (TPSA) is 67.5 Å². The first kappa shape index (κ1) is 14.3. The molecule has 0 atom stereocenters. The molecule has 0 bridgehead atoms. The quantitative estimate of drug-likeness (QED) is 0.926. The van der Waals surface area contributed by atoms with E-state index in [4.69, 9.17) is 4.42 Å². The van der Waals surface area contributed by atoms with Crippen LogP contribution in [0, 0.1) is 6.92 Å². The van der Waals surface area contributed by atoms with E-state index in [-0.39, 0.29) is 17.3 Å². The van der Waals surface area contributed by atoms with Crippen molar-refractivity contribution < 1.29 is 22.4 Å². The highest BCUT2D eigenvalue weighted by molar-refractivity contribution is 6.08. The van der Waals surface area contributed by atoms with Gasteiger partial charge in [-0.15, -0.1) is 0 Å². The minimum atomic E-state index is -4.47. The smallest absolute Gasteiger partial charge is 0.405 e. The molecule has 0 aliphatic carbocycles. The van der Waals surface area contributed by atoms with Crippen molar-refractivity contribution in [3.63, 3.8) is 0 Å². The summed E-state index contributed by atoms with van der Waals surface area (Å²) >= 11 is 0. The minimum Gasteiger partial charge on any atom is -0.431 e. The van der Waals surface area contributed by atoms with Gasteiger partial charge in [-0.2, -0.15) is 13.2 Å². The monoisotopic (exact) mass is 287 g/mol. The number of nitrogens with one attached hydrogen (secondary N) is 1. The number of hydrogen-bond acceptors (Lipinski definition) is 4. The number of allylic oxidation sites excluding steroid dienone is 1. The maximum absolute atomic E-state index is 12.0. The van der Waals surface area contributed by atoms with Crippen molar-refractivity contribution >= 4 is 17.7 Å². The van der Waals surface area contributed by atoms with Crippen LogP contribution in [0.3, 0.4) is 0 Å². The molecule has 0 aromatic carbocycles. The van der Waals surface area contributed by atoms with E-state index < -0.39 is 18.6 Å². The number of aromatic nitrogens is 1. The van der Waals surface area contributed by atoms with Gasteiger partial charge >= 0.3 is 6.18 Å². The molecule has 1 aromatic rings. The number of oxazole rings is 1. The van der Waals surface area contributed by atoms with Gasteiger partial charge in [-0.1, -0.05) is 6.08 Å². The highest BCUT2D eigenvalue weighted by Crippen LogP contribution is 2.19. The Morgan fingerprint density at radius 1 is 1.50 bits per heavy atom. The number of rotatable bonds is 3. The molecule has 0 saturated carbocycles. The Hall–Kier alpha value is -2.12. The molecule has 20 heavy (non-hydrogen) atoms. The van der Waals surface area contributed by atoms with Crippen molar-refractivity contribution in [2.45, 2.75) is 19.5 Å². The van der Waals surface area contributed by atoms with Crippen molar-refractivity contribution in [1.82, 2.24) is 10.3 Å². The summed E-state index contributed by atoms with van der Waals surface area (Å²) in [5, 5.41) is 1.75. The largest absolute Gasteiger partial charge is 0.431 e. The number of alkyl halides is 3. The number of amides is 1. The summed E-state index contributed by atoms with van der Waals surface area (Å²) < 4.78 is 41.4. The number of hydrogen-bond donors (Lipinski definition) is 1. The zero-order valence-corrected chi connectivity index (χ0v) is 10.6. The van der Waals surface area contributed by atoms with Crippen LogP contribution in [-0.2, 0) is 0 Å². The van der Waals surface area contributed by atoms with Crippen LogP contribution >= 0.6 is 0 Å². The van der Waals surface area contributed by atoms with Crippen LogP contribution in [0.1, 0.15) is 28.6 Å². The Morgan fingerprint density at radius 3 is 2.85 bits per heavy atom. The fraction of sp³-hybridized carbons (Fsp3) is 0.417. The highest BCUT2D eigenvalue weighted by atomic mass is 19.4. The lowest BCUT2D eigenvalue weighted by molar-refractivity contribution is -0.123. The molecule has 1 aromatic heterocycles. The number of aliphatic imine (C=N–C) groups is 1. The Balaban J connectivity index is 2.13. The van der Waals surface area contributed by atoms with Crippen LogP contribution < -0.4 is 5.32 Å². The van der Waals surface area contributed by atoms with Crippen molar-refractivity contribution in [3.05, 3.63) is 23.4 Å². The molecule has 0 radical (unpaired) electrons. The third-order valence-corrected chi connectivity index (χ3v) is 2.55. The van der Waals surface area contributed by atoms with Gasteiger partial charge in [-0.05, 0) is 13.3 Å². The predicted octanol–water partition coefficient (Wildman–Crippen LogP) is 2.13. The summed E-state index contributed by atoms with van der Waals surface area (Å²) in [7, 11) is 0. The van der Waals surface area contributed by atoms with Gasteiger partial charge in [0, 0.05) is 12.8 Å². The van der Waals surface area contributed by atoms with Crippen molar-refractivity contribution in [3.8, 4) is 0 Å². The van der Waals surface area contributed by atoms with E-state index in [0.29, 0.717) is 12.1 Å². The number of carbonyl (C=O) groups excluding carboxylic acids is 1.